The zero-order valence-electron chi connectivity index (χ0n) is 21.9. The van der Waals surface area contributed by atoms with Gasteiger partial charge < -0.3 is 20.3 Å². The number of aliphatic carboxylic acids is 1. The molecule has 196 valence electrons. The van der Waals surface area contributed by atoms with Crippen LogP contribution < -0.4 is 10.1 Å². The van der Waals surface area contributed by atoms with Crippen molar-refractivity contribution < 1.29 is 24.5 Å². The number of ether oxygens (including phenoxy) is 1. The van der Waals surface area contributed by atoms with Crippen molar-refractivity contribution in [3.05, 3.63) is 89.0 Å². The predicted octanol–water partition coefficient (Wildman–Crippen LogP) is 5.82. The van der Waals surface area contributed by atoms with Gasteiger partial charge in [0.2, 0.25) is 0 Å². The van der Waals surface area contributed by atoms with Gasteiger partial charge in [-0.15, -0.1) is 0 Å². The molecule has 0 heterocycles. The van der Waals surface area contributed by atoms with Crippen LogP contribution in [0.15, 0.2) is 66.7 Å². The Morgan fingerprint density at radius 1 is 0.946 bits per heavy atom. The van der Waals surface area contributed by atoms with Crippen molar-refractivity contribution in [3.8, 4) is 16.9 Å². The molecule has 0 aliphatic carbocycles. The van der Waals surface area contributed by atoms with Crippen molar-refractivity contribution in [2.24, 2.45) is 5.92 Å². The quantitative estimate of drug-likeness (QED) is 0.273. The van der Waals surface area contributed by atoms with Crippen LogP contribution in [0.4, 0.5) is 0 Å². The van der Waals surface area contributed by atoms with E-state index in [-0.39, 0.29) is 25.5 Å². The minimum absolute atomic E-state index is 0.0540. The predicted molar refractivity (Wildman–Crippen MR) is 146 cm³/mol. The van der Waals surface area contributed by atoms with E-state index < -0.39 is 5.97 Å². The minimum Gasteiger partial charge on any atom is -0.493 e. The van der Waals surface area contributed by atoms with Gasteiger partial charge in [-0.1, -0.05) is 63.2 Å². The summed E-state index contributed by atoms with van der Waals surface area (Å²) in [5.74, 6) is 0.339. The summed E-state index contributed by atoms with van der Waals surface area (Å²) in [6.45, 7) is 7.11. The van der Waals surface area contributed by atoms with Crippen LogP contribution in [0.1, 0.15) is 66.6 Å². The number of amides is 1. The van der Waals surface area contributed by atoms with Crippen molar-refractivity contribution >= 4 is 11.9 Å². The number of carboxylic acids is 1. The number of carboxylic acid groups (broad SMARTS) is 1. The van der Waals surface area contributed by atoms with Crippen molar-refractivity contribution in [3.63, 3.8) is 0 Å². The van der Waals surface area contributed by atoms with E-state index in [4.69, 9.17) is 9.84 Å². The van der Waals surface area contributed by atoms with E-state index >= 15 is 0 Å². The molecule has 0 saturated heterocycles. The largest absolute Gasteiger partial charge is 0.493 e. The average molecular weight is 504 g/mol. The van der Waals surface area contributed by atoms with Crippen LogP contribution in [0.2, 0.25) is 0 Å². The minimum atomic E-state index is -0.938. The lowest BCUT2D eigenvalue weighted by molar-refractivity contribution is -0.136. The lowest BCUT2D eigenvalue weighted by Gasteiger charge is -2.16. The van der Waals surface area contributed by atoms with Gasteiger partial charge in [0, 0.05) is 12.1 Å². The monoisotopic (exact) mass is 503 g/mol. The van der Waals surface area contributed by atoms with E-state index in [1.807, 2.05) is 30.3 Å². The lowest BCUT2D eigenvalue weighted by atomic mass is 9.96. The summed E-state index contributed by atoms with van der Waals surface area (Å²) < 4.78 is 6.04. The first-order valence-corrected chi connectivity index (χ1v) is 12.8. The van der Waals surface area contributed by atoms with Crippen molar-refractivity contribution in [2.75, 3.05) is 13.2 Å². The molecule has 3 rings (SSSR count). The van der Waals surface area contributed by atoms with Crippen LogP contribution >= 0.6 is 0 Å². The van der Waals surface area contributed by atoms with E-state index in [2.05, 4.69) is 50.4 Å². The Bertz CT molecular complexity index is 1170. The van der Waals surface area contributed by atoms with Crippen LogP contribution in [0.5, 0.6) is 5.75 Å². The molecule has 0 bridgehead atoms. The maximum absolute atomic E-state index is 12.1. The van der Waals surface area contributed by atoms with E-state index in [0.717, 1.165) is 40.8 Å². The molecule has 1 atom stereocenters. The normalized spacial score (nSPS) is 11.8. The first-order valence-electron chi connectivity index (χ1n) is 12.8. The van der Waals surface area contributed by atoms with Gasteiger partial charge in [-0.3, -0.25) is 9.59 Å². The molecule has 3 N–H and O–H groups in total. The highest BCUT2D eigenvalue weighted by molar-refractivity contribution is 5.94. The summed E-state index contributed by atoms with van der Waals surface area (Å²) in [5.41, 5.74) is 5.87. The second kappa shape index (κ2) is 13.6. The van der Waals surface area contributed by atoms with Gasteiger partial charge in [0.15, 0.2) is 0 Å². The smallest absolute Gasteiger partial charge is 0.305 e. The Morgan fingerprint density at radius 2 is 1.65 bits per heavy atom. The van der Waals surface area contributed by atoms with Gasteiger partial charge in [0.25, 0.3) is 5.91 Å². The van der Waals surface area contributed by atoms with Crippen molar-refractivity contribution in [1.82, 2.24) is 5.32 Å². The maximum atomic E-state index is 12.1. The zero-order valence-corrected chi connectivity index (χ0v) is 21.9. The third kappa shape index (κ3) is 8.46. The number of aliphatic hydroxyl groups excluding tert-OH is 1. The second-order valence-electron chi connectivity index (χ2n) is 9.81. The molecular weight excluding hydrogens is 466 g/mol. The van der Waals surface area contributed by atoms with Gasteiger partial charge in [0.05, 0.1) is 19.6 Å². The zero-order chi connectivity index (χ0) is 26.8. The fraction of sp³-hybridized carbons (Fsp3) is 0.355. The summed E-state index contributed by atoms with van der Waals surface area (Å²) in [5, 5.41) is 21.2. The highest BCUT2D eigenvalue weighted by Gasteiger charge is 2.10. The van der Waals surface area contributed by atoms with E-state index in [9.17, 15) is 14.7 Å². The molecule has 37 heavy (non-hydrogen) atoms. The second-order valence-corrected chi connectivity index (χ2v) is 9.81. The highest BCUT2D eigenvalue weighted by Crippen LogP contribution is 2.29. The van der Waals surface area contributed by atoms with Gasteiger partial charge in [-0.2, -0.15) is 0 Å². The topological polar surface area (TPSA) is 95.9 Å². The summed E-state index contributed by atoms with van der Waals surface area (Å²) in [4.78, 5) is 22.6. The molecule has 0 aromatic heterocycles. The van der Waals surface area contributed by atoms with Crippen LogP contribution in [0.3, 0.4) is 0 Å². The number of hydrogen-bond acceptors (Lipinski definition) is 4. The molecule has 1 unspecified atom stereocenters. The molecule has 0 fully saturated rings. The summed E-state index contributed by atoms with van der Waals surface area (Å²) in [6, 6.07) is 21.7. The number of carbonyl (C=O) groups excluding carboxylic acids is 1. The SMILES string of the molecule is CC(CCc1ccc(C(=O)NCCC(=O)O)cc1)COc1ccc(-c2ccc(C(C)C)cc2)c(CO)c1. The van der Waals surface area contributed by atoms with E-state index in [1.165, 1.54) is 5.56 Å². The van der Waals surface area contributed by atoms with Crippen LogP contribution in [0, 0.1) is 5.92 Å². The molecule has 1 amide bonds. The molecule has 0 radical (unpaired) electrons. The Hall–Kier alpha value is -3.64. The molecular formula is C31H37NO5. The van der Waals surface area contributed by atoms with E-state index in [1.54, 1.807) is 12.1 Å². The van der Waals surface area contributed by atoms with Crippen molar-refractivity contribution in [2.45, 2.75) is 52.6 Å². The Labute approximate surface area is 219 Å². The Kier molecular flexibility index (Phi) is 10.3. The molecule has 0 aliphatic heterocycles. The molecule has 6 nitrogen and oxygen atoms in total. The number of benzene rings is 3. The fourth-order valence-corrected chi connectivity index (χ4v) is 4.06. The fourth-order valence-electron chi connectivity index (χ4n) is 4.06. The first kappa shape index (κ1) is 27.9. The molecule has 0 spiro atoms. The van der Waals surface area contributed by atoms with Gasteiger partial charge in [-0.05, 0) is 76.8 Å². The number of hydrogen-bond donors (Lipinski definition) is 3. The molecule has 6 heteroatoms. The van der Waals surface area contributed by atoms with Crippen molar-refractivity contribution in [1.29, 1.82) is 0 Å². The number of rotatable bonds is 13. The molecule has 0 saturated carbocycles. The average Bonchev–Trinajstić information content (AvgIpc) is 2.90. The highest BCUT2D eigenvalue weighted by atomic mass is 16.5. The Balaban J connectivity index is 1.49. The van der Waals surface area contributed by atoms with E-state index in [0.29, 0.717) is 24.0 Å². The standard InChI is InChI=1S/C31H37NO5/c1-21(2)24-10-12-25(13-11-24)29-15-14-28(18-27(29)19-33)37-20-22(3)4-5-23-6-8-26(9-7-23)31(36)32-17-16-30(34)35/h6-15,18,21-22,33H,4-5,16-17,19-20H2,1-3H3,(H,32,36)(H,34,35). The van der Waals surface area contributed by atoms with Crippen LogP contribution in [-0.4, -0.2) is 35.2 Å². The number of aliphatic hydroxyl groups is 1. The first-order chi connectivity index (χ1) is 17.8. The van der Waals surface area contributed by atoms with Crippen LogP contribution in [-0.2, 0) is 17.8 Å². The summed E-state index contributed by atoms with van der Waals surface area (Å²) >= 11 is 0. The Morgan fingerprint density at radius 3 is 2.27 bits per heavy atom. The molecule has 3 aromatic rings. The summed E-state index contributed by atoms with van der Waals surface area (Å²) in [7, 11) is 0. The number of aryl methyl sites for hydroxylation is 1. The molecule has 0 aliphatic rings. The van der Waals surface area contributed by atoms with Gasteiger partial charge in [-0.25, -0.2) is 0 Å². The third-order valence-electron chi connectivity index (χ3n) is 6.44. The third-order valence-corrected chi connectivity index (χ3v) is 6.44. The van der Waals surface area contributed by atoms with Gasteiger partial charge in [0.1, 0.15) is 5.75 Å². The lowest BCUT2D eigenvalue weighted by Crippen LogP contribution is -2.25. The number of carbonyl (C=O) groups is 2. The maximum Gasteiger partial charge on any atom is 0.305 e. The van der Waals surface area contributed by atoms with Gasteiger partial charge >= 0.3 is 5.97 Å². The number of nitrogens with one attached hydrogen (secondary N) is 1. The molecule has 3 aromatic carbocycles. The van der Waals surface area contributed by atoms with Crippen LogP contribution in [0.25, 0.3) is 11.1 Å². The summed E-state index contributed by atoms with van der Waals surface area (Å²) in [6.07, 6.45) is 1.69.